The van der Waals surface area contributed by atoms with E-state index >= 15 is 0 Å². The number of ether oxygens (including phenoxy) is 1. The highest BCUT2D eigenvalue weighted by Crippen LogP contribution is 2.40. The van der Waals surface area contributed by atoms with E-state index in [0.717, 1.165) is 17.1 Å². The molecule has 96 valence electrons. The Morgan fingerprint density at radius 1 is 1.50 bits per heavy atom. The first-order valence-electron chi connectivity index (χ1n) is 5.86. The van der Waals surface area contributed by atoms with Gasteiger partial charge in [0.25, 0.3) is 0 Å². The van der Waals surface area contributed by atoms with Crippen molar-refractivity contribution < 1.29 is 4.74 Å². The van der Waals surface area contributed by atoms with E-state index in [9.17, 15) is 0 Å². The summed E-state index contributed by atoms with van der Waals surface area (Å²) < 4.78 is 6.37. The largest absolute Gasteiger partial charge is 0.374 e. The molecule has 0 aliphatic carbocycles. The number of anilines is 1. The molecular weight excluding hydrogens is 266 g/mol. The van der Waals surface area contributed by atoms with Crippen molar-refractivity contribution in [1.82, 2.24) is 9.97 Å². The summed E-state index contributed by atoms with van der Waals surface area (Å²) in [4.78, 5) is 9.80. The van der Waals surface area contributed by atoms with E-state index in [1.807, 2.05) is 7.05 Å². The summed E-state index contributed by atoms with van der Waals surface area (Å²) in [5, 5.41) is 4.35. The highest BCUT2D eigenvalue weighted by atomic mass is 32.1. The van der Waals surface area contributed by atoms with Crippen molar-refractivity contribution in [3.8, 4) is 0 Å². The van der Waals surface area contributed by atoms with E-state index in [-0.39, 0.29) is 5.60 Å². The second-order valence-corrected chi connectivity index (χ2v) is 6.55. The molecular formula is C12H15N3OS2. The van der Waals surface area contributed by atoms with Gasteiger partial charge >= 0.3 is 0 Å². The lowest BCUT2D eigenvalue weighted by atomic mass is 9.94. The fourth-order valence-corrected chi connectivity index (χ4v) is 3.72. The molecule has 3 heterocycles. The molecule has 1 aliphatic rings. The summed E-state index contributed by atoms with van der Waals surface area (Å²) in [6.45, 7) is 4.91. The summed E-state index contributed by atoms with van der Waals surface area (Å²) in [6.07, 6.45) is 0.906. The third kappa shape index (κ3) is 1.84. The van der Waals surface area contributed by atoms with E-state index in [4.69, 9.17) is 17.0 Å². The van der Waals surface area contributed by atoms with Gasteiger partial charge in [-0.3, -0.25) is 0 Å². The second kappa shape index (κ2) is 4.01. The van der Waals surface area contributed by atoms with Gasteiger partial charge in [0.05, 0.1) is 17.6 Å². The van der Waals surface area contributed by atoms with E-state index in [2.05, 4.69) is 29.1 Å². The smallest absolute Gasteiger partial charge is 0.199 e. The summed E-state index contributed by atoms with van der Waals surface area (Å²) >= 11 is 6.83. The van der Waals surface area contributed by atoms with Crippen molar-refractivity contribution in [2.24, 2.45) is 0 Å². The average Bonchev–Trinajstić information content (AvgIpc) is 2.64. The van der Waals surface area contributed by atoms with Crippen LogP contribution in [-0.2, 0) is 17.8 Å². The zero-order valence-electron chi connectivity index (χ0n) is 10.6. The second-order valence-electron chi connectivity index (χ2n) is 5.08. The van der Waals surface area contributed by atoms with Gasteiger partial charge in [0.1, 0.15) is 10.6 Å². The minimum Gasteiger partial charge on any atom is -0.374 e. The molecule has 0 atom stereocenters. The first kappa shape index (κ1) is 12.1. The number of hydrogen-bond acceptors (Lipinski definition) is 5. The van der Waals surface area contributed by atoms with Gasteiger partial charge in [0, 0.05) is 18.3 Å². The molecule has 2 aromatic rings. The van der Waals surface area contributed by atoms with Crippen LogP contribution in [0.4, 0.5) is 5.82 Å². The van der Waals surface area contributed by atoms with Gasteiger partial charge in [-0.15, -0.1) is 11.3 Å². The topological polar surface area (TPSA) is 49.9 Å². The van der Waals surface area contributed by atoms with Crippen molar-refractivity contribution in [3.63, 3.8) is 0 Å². The number of thiophene rings is 1. The van der Waals surface area contributed by atoms with E-state index in [0.29, 0.717) is 11.4 Å². The summed E-state index contributed by atoms with van der Waals surface area (Å²) in [5.74, 6) is 0.959. The molecule has 4 nitrogen and oxygen atoms in total. The first-order valence-corrected chi connectivity index (χ1v) is 7.09. The summed E-state index contributed by atoms with van der Waals surface area (Å²) in [7, 11) is 1.90. The normalized spacial score (nSPS) is 17.7. The fraction of sp³-hybridized carbons (Fsp3) is 0.500. The molecule has 0 saturated heterocycles. The zero-order chi connectivity index (χ0) is 12.9. The Hall–Kier alpha value is -0.980. The molecule has 0 saturated carbocycles. The number of nitrogens with one attached hydrogen (secondary N) is 2. The Kier molecular flexibility index (Phi) is 2.69. The maximum atomic E-state index is 5.85. The van der Waals surface area contributed by atoms with Crippen LogP contribution in [0, 0.1) is 4.77 Å². The van der Waals surface area contributed by atoms with Crippen LogP contribution in [0.3, 0.4) is 0 Å². The molecule has 18 heavy (non-hydrogen) atoms. The zero-order valence-corrected chi connectivity index (χ0v) is 12.2. The van der Waals surface area contributed by atoms with Crippen molar-refractivity contribution in [3.05, 3.63) is 15.2 Å². The Labute approximate surface area is 114 Å². The maximum Gasteiger partial charge on any atom is 0.199 e. The molecule has 6 heteroatoms. The van der Waals surface area contributed by atoms with Crippen LogP contribution in [-0.4, -0.2) is 22.6 Å². The number of H-pyrrole nitrogens is 1. The third-order valence-corrected chi connectivity index (χ3v) is 4.50. The Morgan fingerprint density at radius 3 is 3.00 bits per heavy atom. The number of rotatable bonds is 1. The van der Waals surface area contributed by atoms with Crippen LogP contribution in [0.5, 0.6) is 0 Å². The lowest BCUT2D eigenvalue weighted by molar-refractivity contribution is -0.0379. The maximum absolute atomic E-state index is 5.85. The van der Waals surface area contributed by atoms with Gasteiger partial charge in [0.15, 0.2) is 4.77 Å². The molecule has 0 spiro atoms. The van der Waals surface area contributed by atoms with Crippen LogP contribution < -0.4 is 5.32 Å². The summed E-state index contributed by atoms with van der Waals surface area (Å²) in [6, 6.07) is 0. The minimum atomic E-state index is -0.112. The SMILES string of the molecule is CNc1[nH]c(=S)nc2sc3c(c12)CC(C)(C)OC3. The monoisotopic (exact) mass is 281 g/mol. The van der Waals surface area contributed by atoms with Crippen LogP contribution in [0.15, 0.2) is 0 Å². The predicted molar refractivity (Wildman–Crippen MR) is 76.9 cm³/mol. The van der Waals surface area contributed by atoms with E-state index in [1.54, 1.807) is 11.3 Å². The number of fused-ring (bicyclic) bond motifs is 3. The van der Waals surface area contributed by atoms with Crippen LogP contribution in [0.2, 0.25) is 0 Å². The molecule has 0 aromatic carbocycles. The molecule has 1 aliphatic heterocycles. The third-order valence-electron chi connectivity index (χ3n) is 3.20. The van der Waals surface area contributed by atoms with Crippen molar-refractivity contribution in [2.75, 3.05) is 12.4 Å². The van der Waals surface area contributed by atoms with Crippen LogP contribution in [0.1, 0.15) is 24.3 Å². The van der Waals surface area contributed by atoms with Gasteiger partial charge < -0.3 is 15.0 Å². The molecule has 0 amide bonds. The lowest BCUT2D eigenvalue weighted by Gasteiger charge is -2.30. The standard InChI is InChI=1S/C12H15N3OS2/c1-12(2)4-6-7(5-16-12)18-10-8(6)9(13-3)14-11(17)15-10/h4-5H2,1-3H3,(H2,13,14,15,17). The van der Waals surface area contributed by atoms with E-state index < -0.39 is 0 Å². The fourth-order valence-electron chi connectivity index (χ4n) is 2.35. The number of aromatic nitrogens is 2. The number of hydrogen-bond donors (Lipinski definition) is 2. The molecule has 0 unspecified atom stereocenters. The van der Waals surface area contributed by atoms with Gasteiger partial charge in [-0.05, 0) is 31.6 Å². The predicted octanol–water partition coefficient (Wildman–Crippen LogP) is 3.25. The number of nitrogens with zero attached hydrogens (tertiary/aromatic N) is 1. The van der Waals surface area contributed by atoms with Crippen molar-refractivity contribution in [1.29, 1.82) is 0 Å². The first-order chi connectivity index (χ1) is 8.50. The highest BCUT2D eigenvalue weighted by molar-refractivity contribution is 7.71. The van der Waals surface area contributed by atoms with Gasteiger partial charge in [0.2, 0.25) is 0 Å². The van der Waals surface area contributed by atoms with Gasteiger partial charge in [-0.1, -0.05) is 0 Å². The molecule has 2 N–H and O–H groups in total. The Balaban J connectivity index is 2.31. The number of aromatic amines is 1. The van der Waals surface area contributed by atoms with Gasteiger partial charge in [-0.25, -0.2) is 4.98 Å². The van der Waals surface area contributed by atoms with Gasteiger partial charge in [-0.2, -0.15) is 0 Å². The van der Waals surface area contributed by atoms with Crippen molar-refractivity contribution in [2.45, 2.75) is 32.5 Å². The molecule has 0 bridgehead atoms. The average molecular weight is 281 g/mol. The Morgan fingerprint density at radius 2 is 2.28 bits per heavy atom. The van der Waals surface area contributed by atoms with Crippen molar-refractivity contribution >= 4 is 39.6 Å². The molecule has 0 fully saturated rings. The Bertz CT molecular complexity index is 672. The summed E-state index contributed by atoms with van der Waals surface area (Å²) in [5.41, 5.74) is 1.23. The lowest BCUT2D eigenvalue weighted by Crippen LogP contribution is -2.31. The molecule has 2 aromatic heterocycles. The molecule has 0 radical (unpaired) electrons. The molecule has 3 rings (SSSR count). The van der Waals surface area contributed by atoms with E-state index in [1.165, 1.54) is 15.8 Å². The van der Waals surface area contributed by atoms with Crippen LogP contribution in [0.25, 0.3) is 10.2 Å². The van der Waals surface area contributed by atoms with Crippen LogP contribution >= 0.6 is 23.6 Å². The minimum absolute atomic E-state index is 0.112. The highest BCUT2D eigenvalue weighted by Gasteiger charge is 2.30. The quantitative estimate of drug-likeness (QED) is 0.788.